The highest BCUT2D eigenvalue weighted by molar-refractivity contribution is 5.94. The van der Waals surface area contributed by atoms with E-state index in [0.29, 0.717) is 36.6 Å². The van der Waals surface area contributed by atoms with Gasteiger partial charge in [-0.05, 0) is 55.0 Å². The number of likely N-dealkylation sites (tertiary alicyclic amines) is 1. The Kier molecular flexibility index (Phi) is 9.48. The van der Waals surface area contributed by atoms with E-state index in [2.05, 4.69) is 31.8 Å². The summed E-state index contributed by atoms with van der Waals surface area (Å²) < 4.78 is 11.1. The number of anilines is 1. The lowest BCUT2D eigenvalue weighted by Gasteiger charge is -2.34. The molecule has 3 atom stereocenters. The van der Waals surface area contributed by atoms with Gasteiger partial charge in [0.05, 0.1) is 31.0 Å². The van der Waals surface area contributed by atoms with Crippen LogP contribution in [-0.4, -0.2) is 64.4 Å². The van der Waals surface area contributed by atoms with Gasteiger partial charge in [-0.15, -0.1) is 0 Å². The topological polar surface area (TPSA) is 112 Å². The minimum atomic E-state index is -0.903. The monoisotopic (exact) mass is 551 g/mol. The van der Waals surface area contributed by atoms with E-state index in [4.69, 9.17) is 9.47 Å². The normalized spacial score (nSPS) is 20.8. The lowest BCUT2D eigenvalue weighted by atomic mass is 9.77. The van der Waals surface area contributed by atoms with Crippen molar-refractivity contribution < 1.29 is 29.3 Å². The third-order valence-electron chi connectivity index (χ3n) is 7.89. The summed E-state index contributed by atoms with van der Waals surface area (Å²) in [4.78, 5) is 34.8. The van der Waals surface area contributed by atoms with Gasteiger partial charge in [0, 0.05) is 36.8 Å². The summed E-state index contributed by atoms with van der Waals surface area (Å²) in [5.41, 5.74) is 1.79. The summed E-state index contributed by atoms with van der Waals surface area (Å²) in [6.07, 6.45) is 9.80. The maximum atomic E-state index is 13.8. The molecule has 2 aliphatic rings. The van der Waals surface area contributed by atoms with Gasteiger partial charge >= 0.3 is 5.97 Å². The van der Waals surface area contributed by atoms with Crippen LogP contribution in [-0.2, 0) is 16.2 Å². The lowest BCUT2D eigenvalue weighted by Crippen LogP contribution is -2.45. The van der Waals surface area contributed by atoms with E-state index >= 15 is 0 Å². The van der Waals surface area contributed by atoms with Gasteiger partial charge < -0.3 is 24.6 Å². The summed E-state index contributed by atoms with van der Waals surface area (Å²) in [7, 11) is 0. The molecule has 9 nitrogen and oxygen atoms in total. The SMILES string of the molecule is C/C=C/C(C)(C)C[C@H]1[C@H](C(=O)O)[C@@H](c2cc(CO)c3c(c2)OCO3)CN1CC(=O)N(CCCC)c1cccnc1. The number of amides is 1. The van der Waals surface area contributed by atoms with Crippen LogP contribution in [0.2, 0.25) is 0 Å². The molecular formula is C31H41N3O6. The van der Waals surface area contributed by atoms with Crippen molar-refractivity contribution in [3.8, 4) is 11.5 Å². The molecule has 2 N–H and O–H groups in total. The van der Waals surface area contributed by atoms with Gasteiger partial charge in [0.2, 0.25) is 12.7 Å². The van der Waals surface area contributed by atoms with Crippen molar-refractivity contribution in [2.75, 3.05) is 31.3 Å². The van der Waals surface area contributed by atoms with Gasteiger partial charge in [0.25, 0.3) is 0 Å². The molecule has 216 valence electrons. The van der Waals surface area contributed by atoms with Crippen LogP contribution >= 0.6 is 0 Å². The quantitative estimate of drug-likeness (QED) is 0.368. The number of carbonyl (C=O) groups is 2. The molecule has 0 bridgehead atoms. The molecule has 2 aliphatic heterocycles. The van der Waals surface area contributed by atoms with Gasteiger partial charge in [-0.1, -0.05) is 39.3 Å². The summed E-state index contributed by atoms with van der Waals surface area (Å²) in [6, 6.07) is 6.95. The third-order valence-corrected chi connectivity index (χ3v) is 7.89. The van der Waals surface area contributed by atoms with Crippen molar-refractivity contribution in [3.63, 3.8) is 0 Å². The number of aliphatic carboxylic acids is 1. The van der Waals surface area contributed by atoms with Crippen LogP contribution in [0.5, 0.6) is 11.5 Å². The number of rotatable bonds is 12. The molecule has 1 aromatic heterocycles. The molecule has 0 saturated carbocycles. The molecule has 0 radical (unpaired) electrons. The molecule has 1 saturated heterocycles. The van der Waals surface area contributed by atoms with Gasteiger partial charge in [-0.25, -0.2) is 0 Å². The second kappa shape index (κ2) is 12.8. The first-order chi connectivity index (χ1) is 19.2. The van der Waals surface area contributed by atoms with Crippen LogP contribution in [0.4, 0.5) is 5.69 Å². The summed E-state index contributed by atoms with van der Waals surface area (Å²) in [6.45, 7) is 9.07. The number of carboxylic acids is 1. The fraction of sp³-hybridized carbons (Fsp3) is 0.516. The number of pyridine rings is 1. The van der Waals surface area contributed by atoms with Gasteiger partial charge in [-0.3, -0.25) is 19.5 Å². The first-order valence-corrected chi connectivity index (χ1v) is 14.0. The number of aliphatic hydroxyl groups is 1. The summed E-state index contributed by atoms with van der Waals surface area (Å²) >= 11 is 0. The zero-order valence-corrected chi connectivity index (χ0v) is 23.9. The highest BCUT2D eigenvalue weighted by atomic mass is 16.7. The predicted molar refractivity (Wildman–Crippen MR) is 152 cm³/mol. The number of benzene rings is 1. The number of carbonyl (C=O) groups excluding carboxylic acids is 1. The molecule has 0 unspecified atom stereocenters. The fourth-order valence-corrected chi connectivity index (χ4v) is 6.07. The second-order valence-electron chi connectivity index (χ2n) is 11.3. The Bertz CT molecular complexity index is 1220. The Hall–Kier alpha value is -3.43. The maximum Gasteiger partial charge on any atom is 0.308 e. The molecule has 2 aromatic rings. The standard InChI is InChI=1S/C31H41N3O6/c1-5-7-12-34(23-9-8-11-32-16-23)27(36)18-33-17-24(21-13-22(19-35)29-26(14-21)39-20-40-29)28(30(37)38)25(33)15-31(3,4)10-6-2/h6,8-11,13-14,16,24-25,28,35H,5,7,12,15,17-20H2,1-4H3,(H,37,38)/b10-6+/t24-,25+,28-/m1/s1. The average Bonchev–Trinajstić information content (AvgIpc) is 3.53. The molecule has 1 fully saturated rings. The number of allylic oxidation sites excluding steroid dienone is 2. The van der Waals surface area contributed by atoms with E-state index in [-0.39, 0.29) is 37.3 Å². The van der Waals surface area contributed by atoms with E-state index in [1.165, 1.54) is 0 Å². The smallest absolute Gasteiger partial charge is 0.308 e. The Morgan fingerprint density at radius 2 is 2.08 bits per heavy atom. The van der Waals surface area contributed by atoms with Gasteiger partial charge in [0.1, 0.15) is 0 Å². The number of ether oxygens (including phenoxy) is 2. The number of unbranched alkanes of at least 4 members (excludes halogenated alkanes) is 1. The minimum Gasteiger partial charge on any atom is -0.481 e. The van der Waals surface area contributed by atoms with Crippen LogP contribution in [0, 0.1) is 11.3 Å². The number of hydrogen-bond acceptors (Lipinski definition) is 7. The van der Waals surface area contributed by atoms with Crippen LogP contribution in [0.25, 0.3) is 0 Å². The molecule has 4 rings (SSSR count). The third kappa shape index (κ3) is 6.47. The van der Waals surface area contributed by atoms with Crippen LogP contribution in [0.3, 0.4) is 0 Å². The highest BCUT2D eigenvalue weighted by Crippen LogP contribution is 2.46. The van der Waals surface area contributed by atoms with E-state index in [0.717, 1.165) is 24.1 Å². The zero-order valence-electron chi connectivity index (χ0n) is 23.9. The number of fused-ring (bicyclic) bond motifs is 1. The molecule has 0 spiro atoms. The van der Waals surface area contributed by atoms with Crippen molar-refractivity contribution in [2.24, 2.45) is 11.3 Å². The number of hydrogen-bond donors (Lipinski definition) is 2. The molecule has 1 amide bonds. The zero-order chi connectivity index (χ0) is 28.9. The van der Waals surface area contributed by atoms with Crippen LogP contribution in [0.1, 0.15) is 64.0 Å². The molecule has 3 heterocycles. The number of nitrogens with zero attached hydrogens (tertiary/aromatic N) is 3. The van der Waals surface area contributed by atoms with Crippen LogP contribution in [0.15, 0.2) is 48.8 Å². The van der Waals surface area contributed by atoms with Crippen molar-refractivity contribution in [2.45, 2.75) is 65.5 Å². The second-order valence-corrected chi connectivity index (χ2v) is 11.3. The van der Waals surface area contributed by atoms with Crippen molar-refractivity contribution in [3.05, 3.63) is 59.9 Å². The van der Waals surface area contributed by atoms with Crippen LogP contribution < -0.4 is 14.4 Å². The van der Waals surface area contributed by atoms with Crippen molar-refractivity contribution in [1.29, 1.82) is 0 Å². The van der Waals surface area contributed by atoms with E-state index < -0.39 is 17.8 Å². The molecule has 1 aromatic carbocycles. The fourth-order valence-electron chi connectivity index (χ4n) is 6.07. The first kappa shape index (κ1) is 29.6. The Labute approximate surface area is 236 Å². The summed E-state index contributed by atoms with van der Waals surface area (Å²) in [5.74, 6) is -1.14. The van der Waals surface area contributed by atoms with E-state index in [9.17, 15) is 19.8 Å². The maximum absolute atomic E-state index is 13.8. The molecular weight excluding hydrogens is 510 g/mol. The van der Waals surface area contributed by atoms with Gasteiger partial charge in [0.15, 0.2) is 11.5 Å². The molecule has 0 aliphatic carbocycles. The predicted octanol–water partition coefficient (Wildman–Crippen LogP) is 4.60. The van der Waals surface area contributed by atoms with Gasteiger partial charge in [-0.2, -0.15) is 0 Å². The average molecular weight is 552 g/mol. The lowest BCUT2D eigenvalue weighted by molar-refractivity contribution is -0.143. The highest BCUT2D eigenvalue weighted by Gasteiger charge is 2.49. The largest absolute Gasteiger partial charge is 0.481 e. The Balaban J connectivity index is 1.71. The van der Waals surface area contributed by atoms with Crippen molar-refractivity contribution >= 4 is 17.6 Å². The minimum absolute atomic E-state index is 0.0571. The Morgan fingerprint density at radius 1 is 1.27 bits per heavy atom. The van der Waals surface area contributed by atoms with E-state index in [1.54, 1.807) is 17.3 Å². The first-order valence-electron chi connectivity index (χ1n) is 14.0. The number of carboxylic acid groups (broad SMARTS) is 1. The number of aromatic nitrogens is 1. The summed E-state index contributed by atoms with van der Waals surface area (Å²) in [5, 5.41) is 20.6. The molecule has 9 heteroatoms. The van der Waals surface area contributed by atoms with E-state index in [1.807, 2.05) is 42.2 Å². The Morgan fingerprint density at radius 3 is 2.73 bits per heavy atom. The van der Waals surface area contributed by atoms with Crippen molar-refractivity contribution in [1.82, 2.24) is 9.88 Å². The molecule has 40 heavy (non-hydrogen) atoms. The number of aliphatic hydroxyl groups excluding tert-OH is 1.